The predicted octanol–water partition coefficient (Wildman–Crippen LogP) is 4.53. The van der Waals surface area contributed by atoms with Crippen LogP contribution in [0.15, 0.2) is 41.8 Å². The summed E-state index contributed by atoms with van der Waals surface area (Å²) in [6, 6.07) is 8.76. The molecule has 0 amide bonds. The molecule has 0 radical (unpaired) electrons. The van der Waals surface area contributed by atoms with Gasteiger partial charge in [0.1, 0.15) is 0 Å². The third-order valence-corrected chi connectivity index (χ3v) is 5.32. The van der Waals surface area contributed by atoms with Crippen molar-refractivity contribution in [1.82, 2.24) is 5.43 Å². The largest absolute Gasteiger partial charge is 0.416 e. The van der Waals surface area contributed by atoms with Gasteiger partial charge in [-0.3, -0.25) is 5.84 Å². The maximum atomic E-state index is 12.8. The van der Waals surface area contributed by atoms with Gasteiger partial charge in [0.15, 0.2) is 0 Å². The molecular formula is C14H11F3N2S2. The summed E-state index contributed by atoms with van der Waals surface area (Å²) in [5, 5.41) is 1.99. The molecule has 0 saturated heterocycles. The van der Waals surface area contributed by atoms with Crippen LogP contribution in [-0.2, 0) is 6.18 Å². The van der Waals surface area contributed by atoms with Gasteiger partial charge in [-0.25, -0.2) is 5.43 Å². The van der Waals surface area contributed by atoms with Crippen LogP contribution in [0.25, 0.3) is 9.40 Å². The van der Waals surface area contributed by atoms with Crippen molar-refractivity contribution in [2.24, 2.45) is 5.84 Å². The van der Waals surface area contributed by atoms with Crippen LogP contribution < -0.4 is 11.3 Å². The van der Waals surface area contributed by atoms with Crippen LogP contribution in [0.5, 0.6) is 0 Å². The fraction of sp³-hybridized carbons (Fsp3) is 0.143. The van der Waals surface area contributed by atoms with Gasteiger partial charge in [0.25, 0.3) is 0 Å². The van der Waals surface area contributed by atoms with Gasteiger partial charge in [-0.15, -0.1) is 22.7 Å². The minimum absolute atomic E-state index is 0.447. The molecule has 2 heterocycles. The van der Waals surface area contributed by atoms with Crippen molar-refractivity contribution in [3.05, 3.63) is 57.8 Å². The molecular weight excluding hydrogens is 317 g/mol. The summed E-state index contributed by atoms with van der Waals surface area (Å²) < 4.78 is 40.7. The predicted molar refractivity (Wildman–Crippen MR) is 80.3 cm³/mol. The molecule has 7 heteroatoms. The average molecular weight is 328 g/mol. The third-order valence-electron chi connectivity index (χ3n) is 3.16. The summed E-state index contributed by atoms with van der Waals surface area (Å²) in [5.41, 5.74) is 2.44. The molecule has 1 atom stereocenters. The van der Waals surface area contributed by atoms with E-state index in [4.69, 9.17) is 5.84 Å². The monoisotopic (exact) mass is 328 g/mol. The quantitative estimate of drug-likeness (QED) is 0.547. The Bertz CT molecular complexity index is 732. The molecule has 0 spiro atoms. The molecule has 3 aromatic rings. The summed E-state index contributed by atoms with van der Waals surface area (Å²) >= 11 is 3.13. The van der Waals surface area contributed by atoms with E-state index in [0.29, 0.717) is 5.56 Å². The maximum absolute atomic E-state index is 12.8. The molecule has 3 N–H and O–H groups in total. The SMILES string of the molecule is NNC(c1cccc(C(F)(F)F)c1)c1cc2sccc2s1. The Morgan fingerprint density at radius 1 is 1.10 bits per heavy atom. The number of nitrogens with one attached hydrogen (secondary N) is 1. The molecule has 3 rings (SSSR count). The highest BCUT2D eigenvalue weighted by atomic mass is 32.1. The average Bonchev–Trinajstić information content (AvgIpc) is 3.00. The van der Waals surface area contributed by atoms with Gasteiger partial charge in [0, 0.05) is 14.3 Å². The Balaban J connectivity index is 2.01. The van der Waals surface area contributed by atoms with Gasteiger partial charge in [-0.1, -0.05) is 12.1 Å². The van der Waals surface area contributed by atoms with E-state index in [2.05, 4.69) is 5.43 Å². The van der Waals surface area contributed by atoms with Crippen molar-refractivity contribution in [2.45, 2.75) is 12.2 Å². The number of hydrogen-bond donors (Lipinski definition) is 2. The highest BCUT2D eigenvalue weighted by Crippen LogP contribution is 2.37. The number of fused-ring (bicyclic) bond motifs is 1. The highest BCUT2D eigenvalue weighted by Gasteiger charge is 2.31. The van der Waals surface area contributed by atoms with Crippen LogP contribution in [0.3, 0.4) is 0 Å². The lowest BCUT2D eigenvalue weighted by molar-refractivity contribution is -0.137. The third kappa shape index (κ3) is 2.82. The number of hydrogen-bond acceptors (Lipinski definition) is 4. The van der Waals surface area contributed by atoms with Crippen LogP contribution in [0.4, 0.5) is 13.2 Å². The lowest BCUT2D eigenvalue weighted by Crippen LogP contribution is -2.28. The molecule has 1 aromatic carbocycles. The minimum Gasteiger partial charge on any atom is -0.271 e. The van der Waals surface area contributed by atoms with Crippen molar-refractivity contribution in [3.63, 3.8) is 0 Å². The normalized spacial score (nSPS) is 13.7. The van der Waals surface area contributed by atoms with Crippen molar-refractivity contribution in [2.75, 3.05) is 0 Å². The molecule has 0 aliphatic heterocycles. The zero-order valence-corrected chi connectivity index (χ0v) is 12.3. The Kier molecular flexibility index (Phi) is 3.75. The number of hydrazine groups is 1. The lowest BCUT2D eigenvalue weighted by atomic mass is 10.0. The highest BCUT2D eigenvalue weighted by molar-refractivity contribution is 7.27. The Morgan fingerprint density at radius 3 is 2.57 bits per heavy atom. The lowest BCUT2D eigenvalue weighted by Gasteiger charge is -2.16. The molecule has 0 aliphatic carbocycles. The Hall–Kier alpha value is -1.41. The van der Waals surface area contributed by atoms with Crippen molar-refractivity contribution < 1.29 is 13.2 Å². The molecule has 1 unspecified atom stereocenters. The Labute approximate surface area is 127 Å². The first-order valence-electron chi connectivity index (χ1n) is 6.09. The first kappa shape index (κ1) is 14.5. The van der Waals surface area contributed by atoms with E-state index in [1.54, 1.807) is 17.4 Å². The van der Waals surface area contributed by atoms with Crippen LogP contribution >= 0.6 is 22.7 Å². The summed E-state index contributed by atoms with van der Waals surface area (Å²) in [7, 11) is 0. The van der Waals surface area contributed by atoms with Gasteiger partial charge in [-0.2, -0.15) is 13.2 Å². The molecule has 2 aromatic heterocycles. The zero-order chi connectivity index (χ0) is 15.0. The van der Waals surface area contributed by atoms with Gasteiger partial charge in [-0.05, 0) is 35.2 Å². The second-order valence-electron chi connectivity index (χ2n) is 4.52. The second kappa shape index (κ2) is 5.42. The van der Waals surface area contributed by atoms with Gasteiger partial charge in [0.05, 0.1) is 11.6 Å². The smallest absolute Gasteiger partial charge is 0.271 e. The van der Waals surface area contributed by atoms with E-state index in [-0.39, 0.29) is 0 Å². The molecule has 0 saturated carbocycles. The molecule has 21 heavy (non-hydrogen) atoms. The standard InChI is InChI=1S/C14H11F3N2S2/c15-14(16,17)9-3-1-2-8(6-9)13(19-18)12-7-11-10(21-12)4-5-20-11/h1-7,13,19H,18H2. The molecule has 2 nitrogen and oxygen atoms in total. The topological polar surface area (TPSA) is 38.0 Å². The first-order valence-corrected chi connectivity index (χ1v) is 7.79. The van der Waals surface area contributed by atoms with Crippen molar-refractivity contribution in [3.8, 4) is 0 Å². The van der Waals surface area contributed by atoms with E-state index in [0.717, 1.165) is 26.4 Å². The van der Waals surface area contributed by atoms with Crippen LogP contribution in [0, 0.1) is 0 Å². The van der Waals surface area contributed by atoms with Gasteiger partial charge < -0.3 is 0 Å². The fourth-order valence-electron chi connectivity index (χ4n) is 2.16. The molecule has 0 fully saturated rings. The first-order chi connectivity index (χ1) is 9.99. The van der Waals surface area contributed by atoms with Crippen molar-refractivity contribution in [1.29, 1.82) is 0 Å². The van der Waals surface area contributed by atoms with E-state index in [1.807, 2.05) is 17.5 Å². The molecule has 0 aliphatic rings. The number of nitrogens with two attached hydrogens (primary N) is 1. The van der Waals surface area contributed by atoms with Crippen LogP contribution in [-0.4, -0.2) is 0 Å². The summed E-state index contributed by atoms with van der Waals surface area (Å²) in [6.07, 6.45) is -4.36. The summed E-state index contributed by atoms with van der Waals surface area (Å²) in [4.78, 5) is 0.902. The van der Waals surface area contributed by atoms with E-state index < -0.39 is 17.8 Å². The summed E-state index contributed by atoms with van der Waals surface area (Å²) in [6.45, 7) is 0. The van der Waals surface area contributed by atoms with E-state index in [1.165, 1.54) is 17.4 Å². The van der Waals surface area contributed by atoms with E-state index >= 15 is 0 Å². The van der Waals surface area contributed by atoms with E-state index in [9.17, 15) is 13.2 Å². The second-order valence-corrected chi connectivity index (χ2v) is 6.58. The molecule has 110 valence electrons. The fourth-order valence-corrected chi connectivity index (χ4v) is 4.37. The molecule has 0 bridgehead atoms. The minimum atomic E-state index is -4.36. The number of thiophene rings is 2. The maximum Gasteiger partial charge on any atom is 0.416 e. The van der Waals surface area contributed by atoms with Crippen molar-refractivity contribution >= 4 is 32.1 Å². The number of rotatable bonds is 3. The Morgan fingerprint density at radius 2 is 1.90 bits per heavy atom. The zero-order valence-electron chi connectivity index (χ0n) is 10.6. The summed E-state index contributed by atoms with van der Waals surface area (Å²) in [5.74, 6) is 5.57. The van der Waals surface area contributed by atoms with Gasteiger partial charge in [0.2, 0.25) is 0 Å². The number of alkyl halides is 3. The number of benzene rings is 1. The number of halogens is 3. The van der Waals surface area contributed by atoms with Crippen LogP contribution in [0.1, 0.15) is 22.0 Å². The van der Waals surface area contributed by atoms with Crippen LogP contribution in [0.2, 0.25) is 0 Å². The van der Waals surface area contributed by atoms with Gasteiger partial charge >= 0.3 is 6.18 Å².